The zero-order chi connectivity index (χ0) is 15.2. The Kier molecular flexibility index (Phi) is 5.55. The number of rotatable bonds is 6. The third-order valence-corrected chi connectivity index (χ3v) is 3.86. The Morgan fingerprint density at radius 2 is 1.90 bits per heavy atom. The van der Waals surface area contributed by atoms with Gasteiger partial charge in [-0.3, -0.25) is 0 Å². The lowest BCUT2D eigenvalue weighted by atomic mass is 9.77. The zero-order valence-electron chi connectivity index (χ0n) is 11.9. The van der Waals surface area contributed by atoms with Crippen LogP contribution in [0.4, 0.5) is 0 Å². The lowest BCUT2D eigenvalue weighted by Crippen LogP contribution is -2.33. The summed E-state index contributed by atoms with van der Waals surface area (Å²) in [7, 11) is 0.0307. The predicted molar refractivity (Wildman–Crippen MR) is 85.4 cm³/mol. The van der Waals surface area contributed by atoms with Crippen molar-refractivity contribution in [2.75, 3.05) is 13.4 Å². The molecule has 0 heterocycles. The second kappa shape index (κ2) is 7.40. The van der Waals surface area contributed by atoms with Crippen LogP contribution in [-0.2, 0) is 6.61 Å². The first-order valence-corrected chi connectivity index (χ1v) is 7.67. The molecule has 4 nitrogen and oxygen atoms in total. The van der Waals surface area contributed by atoms with Crippen molar-refractivity contribution in [2.24, 2.45) is 0 Å². The molecule has 21 heavy (non-hydrogen) atoms. The highest BCUT2D eigenvalue weighted by Crippen LogP contribution is 2.27. The fourth-order valence-electron chi connectivity index (χ4n) is 1.98. The summed E-state index contributed by atoms with van der Waals surface area (Å²) in [6, 6.07) is 12.8. The maximum Gasteiger partial charge on any atom is 0.488 e. The largest absolute Gasteiger partial charge is 0.497 e. The Hall–Kier alpha value is -1.63. The van der Waals surface area contributed by atoms with E-state index in [0.717, 1.165) is 10.6 Å². The van der Waals surface area contributed by atoms with E-state index in [2.05, 4.69) is 0 Å². The fourth-order valence-corrected chi connectivity index (χ4v) is 2.52. The van der Waals surface area contributed by atoms with Crippen LogP contribution in [-0.4, -0.2) is 30.5 Å². The zero-order valence-corrected chi connectivity index (χ0v) is 12.8. The van der Waals surface area contributed by atoms with Crippen LogP contribution in [0.1, 0.15) is 5.56 Å². The van der Waals surface area contributed by atoms with Gasteiger partial charge < -0.3 is 19.5 Å². The van der Waals surface area contributed by atoms with Crippen LogP contribution in [0.15, 0.2) is 47.4 Å². The van der Waals surface area contributed by atoms with Gasteiger partial charge in [0, 0.05) is 4.90 Å². The van der Waals surface area contributed by atoms with E-state index >= 15 is 0 Å². The summed E-state index contributed by atoms with van der Waals surface area (Å²) < 4.78 is 11.0. The lowest BCUT2D eigenvalue weighted by Gasteiger charge is -2.14. The quantitative estimate of drug-likeness (QED) is 0.628. The smallest absolute Gasteiger partial charge is 0.488 e. The minimum Gasteiger partial charge on any atom is -0.497 e. The van der Waals surface area contributed by atoms with Crippen LogP contribution in [0.2, 0.25) is 0 Å². The van der Waals surface area contributed by atoms with Crippen LogP contribution in [0.5, 0.6) is 11.5 Å². The Balaban J connectivity index is 2.22. The molecule has 2 aromatic rings. The molecule has 0 spiro atoms. The molecule has 0 aromatic heterocycles. The van der Waals surface area contributed by atoms with Gasteiger partial charge in [-0.2, -0.15) is 0 Å². The molecule has 6 heteroatoms. The van der Waals surface area contributed by atoms with Crippen LogP contribution in [0.3, 0.4) is 0 Å². The first kappa shape index (κ1) is 15.8. The van der Waals surface area contributed by atoms with Gasteiger partial charge in [0.05, 0.1) is 7.11 Å². The highest BCUT2D eigenvalue weighted by molar-refractivity contribution is 7.98. The molecule has 0 bridgehead atoms. The minimum atomic E-state index is -1.54. The molecule has 2 aromatic carbocycles. The lowest BCUT2D eigenvalue weighted by molar-refractivity contribution is 0.298. The van der Waals surface area contributed by atoms with E-state index in [1.54, 1.807) is 37.1 Å². The molecule has 0 saturated carbocycles. The predicted octanol–water partition coefficient (Wildman–Crippen LogP) is 1.68. The van der Waals surface area contributed by atoms with E-state index in [4.69, 9.17) is 9.47 Å². The molecular weight excluding hydrogens is 287 g/mol. The first-order valence-electron chi connectivity index (χ1n) is 6.44. The molecular formula is C15H17BO4S. The molecule has 0 atom stereocenters. The van der Waals surface area contributed by atoms with Crippen LogP contribution in [0, 0.1) is 0 Å². The van der Waals surface area contributed by atoms with Crippen molar-refractivity contribution in [1.82, 2.24) is 0 Å². The van der Waals surface area contributed by atoms with Crippen molar-refractivity contribution < 1.29 is 19.5 Å². The minimum absolute atomic E-state index is 0.238. The standard InChI is InChI=1S/C15H17BO4S/c1-19-12-7-8-13(16(17)18)11(9-12)10-20-14-5-3-4-6-15(14)21-2/h3-9,17-18H,10H2,1-2H3. The number of methoxy groups -OCH3 is 1. The summed E-state index contributed by atoms with van der Waals surface area (Å²) in [5.74, 6) is 1.42. The molecule has 0 aliphatic rings. The van der Waals surface area contributed by atoms with E-state index < -0.39 is 7.12 Å². The van der Waals surface area contributed by atoms with Gasteiger partial charge in [-0.1, -0.05) is 18.2 Å². The summed E-state index contributed by atoms with van der Waals surface area (Å²) in [5, 5.41) is 18.8. The SMILES string of the molecule is COc1ccc(B(O)O)c(COc2ccccc2SC)c1. The van der Waals surface area contributed by atoms with Crippen molar-refractivity contribution in [1.29, 1.82) is 0 Å². The fraction of sp³-hybridized carbons (Fsp3) is 0.200. The van der Waals surface area contributed by atoms with Crippen molar-refractivity contribution in [3.8, 4) is 11.5 Å². The second-order valence-corrected chi connectivity index (χ2v) is 5.23. The second-order valence-electron chi connectivity index (χ2n) is 4.38. The van der Waals surface area contributed by atoms with Gasteiger partial charge in [0.2, 0.25) is 0 Å². The highest BCUT2D eigenvalue weighted by atomic mass is 32.2. The van der Waals surface area contributed by atoms with E-state index in [-0.39, 0.29) is 6.61 Å². The van der Waals surface area contributed by atoms with Gasteiger partial charge in [-0.25, -0.2) is 0 Å². The molecule has 0 amide bonds. The third-order valence-electron chi connectivity index (χ3n) is 3.08. The Bertz CT molecular complexity index is 604. The number of ether oxygens (including phenoxy) is 2. The van der Waals surface area contributed by atoms with Gasteiger partial charge in [0.1, 0.15) is 18.1 Å². The van der Waals surface area contributed by atoms with Crippen molar-refractivity contribution in [3.05, 3.63) is 48.0 Å². The summed E-state index contributed by atoms with van der Waals surface area (Å²) >= 11 is 1.60. The van der Waals surface area contributed by atoms with Crippen LogP contribution >= 0.6 is 11.8 Å². The number of hydrogen-bond donors (Lipinski definition) is 2. The maximum atomic E-state index is 9.42. The summed E-state index contributed by atoms with van der Waals surface area (Å²) in [5.41, 5.74) is 1.10. The summed E-state index contributed by atoms with van der Waals surface area (Å²) in [6.07, 6.45) is 1.98. The van der Waals surface area contributed by atoms with Crippen molar-refractivity contribution in [3.63, 3.8) is 0 Å². The number of para-hydroxylation sites is 1. The molecule has 0 aliphatic heterocycles. The monoisotopic (exact) mass is 304 g/mol. The Labute approximate surface area is 128 Å². The van der Waals surface area contributed by atoms with E-state index in [1.807, 2.05) is 30.5 Å². The van der Waals surface area contributed by atoms with Gasteiger partial charge in [0.25, 0.3) is 0 Å². The molecule has 0 saturated heterocycles. The summed E-state index contributed by atoms with van der Waals surface area (Å²) in [4.78, 5) is 1.03. The normalized spacial score (nSPS) is 10.3. The molecule has 110 valence electrons. The molecule has 0 radical (unpaired) electrons. The molecule has 2 rings (SSSR count). The van der Waals surface area contributed by atoms with Gasteiger partial charge >= 0.3 is 7.12 Å². The van der Waals surface area contributed by atoms with Gasteiger partial charge in [0.15, 0.2) is 0 Å². The highest BCUT2D eigenvalue weighted by Gasteiger charge is 2.17. The third kappa shape index (κ3) is 3.94. The Morgan fingerprint density at radius 1 is 1.14 bits per heavy atom. The van der Waals surface area contributed by atoms with Crippen LogP contribution in [0.25, 0.3) is 0 Å². The molecule has 0 fully saturated rings. The van der Waals surface area contributed by atoms with E-state index in [1.165, 1.54) is 0 Å². The molecule has 0 aliphatic carbocycles. The van der Waals surface area contributed by atoms with Gasteiger partial charge in [-0.05, 0) is 41.5 Å². The number of thioether (sulfide) groups is 1. The topological polar surface area (TPSA) is 58.9 Å². The van der Waals surface area contributed by atoms with Crippen LogP contribution < -0.4 is 14.9 Å². The average Bonchev–Trinajstić information content (AvgIpc) is 2.52. The average molecular weight is 304 g/mol. The van der Waals surface area contributed by atoms with Gasteiger partial charge in [-0.15, -0.1) is 11.8 Å². The summed E-state index contributed by atoms with van der Waals surface area (Å²) in [6.45, 7) is 0.238. The number of benzene rings is 2. The number of hydrogen-bond acceptors (Lipinski definition) is 5. The van der Waals surface area contributed by atoms with E-state index in [0.29, 0.717) is 16.8 Å². The molecule has 0 unspecified atom stereocenters. The molecule has 2 N–H and O–H groups in total. The Morgan fingerprint density at radius 3 is 2.57 bits per heavy atom. The van der Waals surface area contributed by atoms with E-state index in [9.17, 15) is 10.0 Å². The van der Waals surface area contributed by atoms with Crippen molar-refractivity contribution >= 4 is 24.3 Å². The maximum absolute atomic E-state index is 9.42. The first-order chi connectivity index (χ1) is 10.2. The van der Waals surface area contributed by atoms with Crippen molar-refractivity contribution in [2.45, 2.75) is 11.5 Å².